The van der Waals surface area contributed by atoms with E-state index in [0.717, 1.165) is 11.1 Å². The van der Waals surface area contributed by atoms with Crippen molar-refractivity contribution in [2.24, 2.45) is 0 Å². The van der Waals surface area contributed by atoms with Crippen molar-refractivity contribution in [2.75, 3.05) is 20.3 Å². The molecule has 0 fully saturated rings. The summed E-state index contributed by atoms with van der Waals surface area (Å²) in [6.07, 6.45) is 0. The Hall–Kier alpha value is -4.11. The standard InChI is InChI=1S/C26H26FN5O3/c1-35-16-15-31(24(33)18-32-23-10-6-5-9-22(23)29-30-32)25(20-7-3-2-4-8-20)26(34)28-17-19-11-13-21(27)14-12-19/h2-14,25H,15-18H2,1H3,(H,28,34)/t25-/m0/s1. The first-order valence-corrected chi connectivity index (χ1v) is 11.2. The smallest absolute Gasteiger partial charge is 0.247 e. The number of halogens is 1. The van der Waals surface area contributed by atoms with Gasteiger partial charge in [0.1, 0.15) is 23.9 Å². The number of hydrogen-bond acceptors (Lipinski definition) is 5. The quantitative estimate of drug-likeness (QED) is 0.381. The molecule has 0 saturated heterocycles. The molecule has 8 nitrogen and oxygen atoms in total. The van der Waals surface area contributed by atoms with E-state index in [4.69, 9.17) is 4.74 Å². The van der Waals surface area contributed by atoms with Crippen molar-refractivity contribution in [3.8, 4) is 0 Å². The minimum Gasteiger partial charge on any atom is -0.383 e. The Morgan fingerprint density at radius 1 is 1.03 bits per heavy atom. The van der Waals surface area contributed by atoms with Crippen molar-refractivity contribution >= 4 is 22.8 Å². The van der Waals surface area contributed by atoms with E-state index in [1.807, 2.05) is 42.5 Å². The van der Waals surface area contributed by atoms with Crippen molar-refractivity contribution in [3.63, 3.8) is 0 Å². The number of benzene rings is 3. The Kier molecular flexibility index (Phi) is 7.79. The number of nitrogens with one attached hydrogen (secondary N) is 1. The third-order valence-corrected chi connectivity index (χ3v) is 5.62. The summed E-state index contributed by atoms with van der Waals surface area (Å²) in [7, 11) is 1.54. The van der Waals surface area contributed by atoms with Crippen LogP contribution in [0.25, 0.3) is 11.0 Å². The van der Waals surface area contributed by atoms with Gasteiger partial charge in [-0.1, -0.05) is 59.8 Å². The Morgan fingerprint density at radius 2 is 1.74 bits per heavy atom. The topological polar surface area (TPSA) is 89.3 Å². The summed E-state index contributed by atoms with van der Waals surface area (Å²) >= 11 is 0. The van der Waals surface area contributed by atoms with Crippen LogP contribution in [0.15, 0.2) is 78.9 Å². The summed E-state index contributed by atoms with van der Waals surface area (Å²) in [6.45, 7) is 0.561. The molecule has 4 aromatic rings. The second-order valence-electron chi connectivity index (χ2n) is 7.97. The van der Waals surface area contributed by atoms with Gasteiger partial charge in [-0.25, -0.2) is 9.07 Å². The van der Waals surface area contributed by atoms with Crippen LogP contribution in [0.3, 0.4) is 0 Å². The molecular formula is C26H26FN5O3. The van der Waals surface area contributed by atoms with Gasteiger partial charge in [-0.2, -0.15) is 0 Å². The first kappa shape index (κ1) is 24.0. The molecule has 9 heteroatoms. The molecule has 0 bridgehead atoms. The van der Waals surface area contributed by atoms with E-state index in [-0.39, 0.29) is 43.9 Å². The van der Waals surface area contributed by atoms with Crippen molar-refractivity contribution in [1.29, 1.82) is 0 Å². The van der Waals surface area contributed by atoms with Gasteiger partial charge in [0, 0.05) is 20.2 Å². The lowest BCUT2D eigenvalue weighted by Crippen LogP contribution is -2.46. The molecule has 3 aromatic carbocycles. The molecule has 35 heavy (non-hydrogen) atoms. The number of amides is 2. The van der Waals surface area contributed by atoms with Gasteiger partial charge in [0.2, 0.25) is 11.8 Å². The second-order valence-corrected chi connectivity index (χ2v) is 7.97. The number of methoxy groups -OCH3 is 1. The fraction of sp³-hybridized carbons (Fsp3) is 0.231. The largest absolute Gasteiger partial charge is 0.383 e. The lowest BCUT2D eigenvalue weighted by atomic mass is 10.0. The second kappa shape index (κ2) is 11.3. The first-order valence-electron chi connectivity index (χ1n) is 11.2. The molecule has 2 amide bonds. The normalized spacial score (nSPS) is 11.8. The molecular weight excluding hydrogens is 449 g/mol. The number of carbonyl (C=O) groups excluding carboxylic acids is 2. The average molecular weight is 476 g/mol. The van der Waals surface area contributed by atoms with E-state index < -0.39 is 6.04 Å². The molecule has 0 aliphatic heterocycles. The number of carbonyl (C=O) groups is 2. The summed E-state index contributed by atoms with van der Waals surface area (Å²) in [5, 5.41) is 11.1. The van der Waals surface area contributed by atoms with Crippen LogP contribution < -0.4 is 5.32 Å². The number of hydrogen-bond donors (Lipinski definition) is 1. The molecule has 1 N–H and O–H groups in total. The highest BCUT2D eigenvalue weighted by molar-refractivity contribution is 5.89. The maximum absolute atomic E-state index is 13.6. The van der Waals surface area contributed by atoms with E-state index in [2.05, 4.69) is 15.6 Å². The number of fused-ring (bicyclic) bond motifs is 1. The van der Waals surface area contributed by atoms with Gasteiger partial charge >= 0.3 is 0 Å². The van der Waals surface area contributed by atoms with Crippen LogP contribution in [-0.4, -0.2) is 52.0 Å². The van der Waals surface area contributed by atoms with E-state index >= 15 is 0 Å². The molecule has 1 aromatic heterocycles. The van der Waals surface area contributed by atoms with Gasteiger partial charge in [-0.15, -0.1) is 5.10 Å². The zero-order chi connectivity index (χ0) is 24.6. The minimum atomic E-state index is -0.894. The molecule has 1 heterocycles. The highest BCUT2D eigenvalue weighted by Gasteiger charge is 2.31. The third kappa shape index (κ3) is 5.88. The predicted octanol–water partition coefficient (Wildman–Crippen LogP) is 3.10. The molecule has 0 aliphatic carbocycles. The lowest BCUT2D eigenvalue weighted by molar-refractivity contribution is -0.142. The minimum absolute atomic E-state index is 0.0845. The fourth-order valence-electron chi connectivity index (χ4n) is 3.84. The summed E-state index contributed by atoms with van der Waals surface area (Å²) in [5.74, 6) is -1.00. The predicted molar refractivity (Wildman–Crippen MR) is 129 cm³/mol. The number of para-hydroxylation sites is 1. The number of aromatic nitrogens is 3. The molecule has 0 spiro atoms. The van der Waals surface area contributed by atoms with Gasteiger partial charge in [-0.05, 0) is 35.4 Å². The molecule has 0 aliphatic rings. The van der Waals surface area contributed by atoms with Crippen molar-refractivity contribution in [2.45, 2.75) is 19.1 Å². The summed E-state index contributed by atoms with van der Waals surface area (Å²) in [6, 6.07) is 21.5. The van der Waals surface area contributed by atoms with Crippen LogP contribution in [0.5, 0.6) is 0 Å². The van der Waals surface area contributed by atoms with E-state index in [1.165, 1.54) is 21.7 Å². The van der Waals surface area contributed by atoms with Gasteiger partial charge in [0.25, 0.3) is 0 Å². The molecule has 4 rings (SSSR count). The van der Waals surface area contributed by atoms with Gasteiger partial charge < -0.3 is 15.0 Å². The van der Waals surface area contributed by atoms with Crippen LogP contribution in [-0.2, 0) is 27.4 Å². The highest BCUT2D eigenvalue weighted by Crippen LogP contribution is 2.22. The Balaban J connectivity index is 1.60. The maximum Gasteiger partial charge on any atom is 0.247 e. The fourth-order valence-corrected chi connectivity index (χ4v) is 3.84. The molecule has 0 saturated carbocycles. The van der Waals surface area contributed by atoms with Gasteiger partial charge in [0.15, 0.2) is 0 Å². The highest BCUT2D eigenvalue weighted by atomic mass is 19.1. The SMILES string of the molecule is COCCN(C(=O)Cn1nnc2ccccc21)[C@H](C(=O)NCc1ccc(F)cc1)c1ccccc1. The Labute approximate surface area is 202 Å². The van der Waals surface area contributed by atoms with Crippen LogP contribution in [0.1, 0.15) is 17.2 Å². The van der Waals surface area contributed by atoms with Crippen molar-refractivity contribution in [3.05, 3.63) is 95.8 Å². The van der Waals surface area contributed by atoms with Crippen molar-refractivity contribution in [1.82, 2.24) is 25.2 Å². The summed E-state index contributed by atoms with van der Waals surface area (Å²) < 4.78 is 20.0. The maximum atomic E-state index is 13.6. The number of nitrogens with zero attached hydrogens (tertiary/aromatic N) is 4. The monoisotopic (exact) mass is 475 g/mol. The van der Waals surface area contributed by atoms with Crippen molar-refractivity contribution < 1.29 is 18.7 Å². The van der Waals surface area contributed by atoms with E-state index in [9.17, 15) is 14.0 Å². The van der Waals surface area contributed by atoms with Crippen LogP contribution >= 0.6 is 0 Å². The van der Waals surface area contributed by atoms with E-state index in [1.54, 1.807) is 31.4 Å². The third-order valence-electron chi connectivity index (χ3n) is 5.62. The molecule has 0 radical (unpaired) electrons. The number of ether oxygens (including phenoxy) is 1. The zero-order valence-corrected chi connectivity index (χ0v) is 19.3. The van der Waals surface area contributed by atoms with Gasteiger partial charge in [0.05, 0.1) is 12.1 Å². The molecule has 0 unspecified atom stereocenters. The van der Waals surface area contributed by atoms with E-state index in [0.29, 0.717) is 11.1 Å². The van der Waals surface area contributed by atoms with Crippen LogP contribution in [0, 0.1) is 5.82 Å². The van der Waals surface area contributed by atoms with Crippen LogP contribution in [0.2, 0.25) is 0 Å². The van der Waals surface area contributed by atoms with Crippen LogP contribution in [0.4, 0.5) is 4.39 Å². The summed E-state index contributed by atoms with van der Waals surface area (Å²) in [5.41, 5.74) is 2.82. The summed E-state index contributed by atoms with van der Waals surface area (Å²) in [4.78, 5) is 28.5. The Bertz CT molecular complexity index is 1280. The molecule has 1 atom stereocenters. The zero-order valence-electron chi connectivity index (χ0n) is 19.3. The Morgan fingerprint density at radius 3 is 2.49 bits per heavy atom. The average Bonchev–Trinajstić information content (AvgIpc) is 3.29. The number of rotatable bonds is 10. The molecule has 180 valence electrons. The lowest BCUT2D eigenvalue weighted by Gasteiger charge is -2.31. The van der Waals surface area contributed by atoms with Gasteiger partial charge in [-0.3, -0.25) is 9.59 Å². The first-order chi connectivity index (χ1) is 17.1.